The molecule has 2 aromatic rings. The quantitative estimate of drug-likeness (QED) is 0.676. The van der Waals surface area contributed by atoms with Crippen LogP contribution in [-0.4, -0.2) is 44.2 Å². The summed E-state index contributed by atoms with van der Waals surface area (Å²) in [6.07, 6.45) is 6.71. The number of aliphatic hydroxyl groups excluding tert-OH is 1. The van der Waals surface area contributed by atoms with Gasteiger partial charge in [-0.1, -0.05) is 0 Å². The molecule has 4 rings (SSSR count). The van der Waals surface area contributed by atoms with Gasteiger partial charge >= 0.3 is 0 Å². The molecular weight excluding hydrogens is 282 g/mol. The molecule has 2 saturated heterocycles. The number of anilines is 1. The Hall–Kier alpha value is -2.12. The molecule has 2 aliphatic rings. The highest BCUT2D eigenvalue weighted by atomic mass is 16.3. The number of hydrogen-bond donors (Lipinski definition) is 4. The summed E-state index contributed by atoms with van der Waals surface area (Å²) in [7, 11) is 0. The molecule has 116 valence electrons. The number of nitrogens with zero attached hydrogens (tertiary/aromatic N) is 2. The first-order valence-electron chi connectivity index (χ1n) is 7.62. The number of piperidine rings is 1. The molecule has 1 amide bonds. The fourth-order valence-electron chi connectivity index (χ4n) is 3.78. The molecule has 0 radical (unpaired) electrons. The number of pyridine rings is 1. The summed E-state index contributed by atoms with van der Waals surface area (Å²) in [5, 5.41) is 12.9. The molecule has 0 aliphatic carbocycles. The van der Waals surface area contributed by atoms with Crippen molar-refractivity contribution in [2.24, 2.45) is 5.73 Å². The highest BCUT2D eigenvalue weighted by Crippen LogP contribution is 2.37. The average molecular weight is 301 g/mol. The fourth-order valence-corrected chi connectivity index (χ4v) is 3.78. The van der Waals surface area contributed by atoms with Crippen LogP contribution in [0.3, 0.4) is 0 Å². The van der Waals surface area contributed by atoms with Crippen LogP contribution in [0, 0.1) is 0 Å². The number of hydrogen-bond acceptors (Lipinski definition) is 5. The maximum Gasteiger partial charge on any atom is 0.252 e. The molecule has 2 atom stereocenters. The molecule has 2 bridgehead atoms. The maximum atomic E-state index is 11.7. The summed E-state index contributed by atoms with van der Waals surface area (Å²) >= 11 is 0. The van der Waals surface area contributed by atoms with Gasteiger partial charge in [-0.05, 0) is 31.7 Å². The number of carbonyl (C=O) groups is 1. The Labute approximate surface area is 127 Å². The molecule has 0 saturated carbocycles. The van der Waals surface area contributed by atoms with Gasteiger partial charge in [-0.3, -0.25) is 4.79 Å². The van der Waals surface area contributed by atoms with Crippen LogP contribution in [0.1, 0.15) is 36.0 Å². The monoisotopic (exact) mass is 301 g/mol. The molecule has 2 aliphatic heterocycles. The number of primary amides is 1. The lowest BCUT2D eigenvalue weighted by molar-refractivity contribution is 0.0496. The summed E-state index contributed by atoms with van der Waals surface area (Å²) in [6.45, 7) is 0. The van der Waals surface area contributed by atoms with E-state index in [1.54, 1.807) is 6.20 Å². The van der Waals surface area contributed by atoms with Crippen molar-refractivity contribution in [2.75, 3.05) is 5.43 Å². The van der Waals surface area contributed by atoms with Gasteiger partial charge in [0.05, 0.1) is 17.4 Å². The van der Waals surface area contributed by atoms with E-state index >= 15 is 0 Å². The normalized spacial score (nSPS) is 28.1. The lowest BCUT2D eigenvalue weighted by atomic mass is 10.0. The molecule has 22 heavy (non-hydrogen) atoms. The van der Waals surface area contributed by atoms with E-state index in [2.05, 4.69) is 20.4 Å². The van der Waals surface area contributed by atoms with Crippen molar-refractivity contribution in [2.45, 2.75) is 43.9 Å². The SMILES string of the molecule is NC(=O)c1cnc2[nH]ccc2c1NN1C2CCC1CC(O)C2. The Morgan fingerprint density at radius 2 is 2.14 bits per heavy atom. The Morgan fingerprint density at radius 3 is 2.82 bits per heavy atom. The number of nitrogens with two attached hydrogens (primary N) is 1. The van der Waals surface area contributed by atoms with Crippen LogP contribution in [0.2, 0.25) is 0 Å². The smallest absolute Gasteiger partial charge is 0.252 e. The minimum absolute atomic E-state index is 0.226. The minimum Gasteiger partial charge on any atom is -0.393 e. The van der Waals surface area contributed by atoms with Crippen molar-refractivity contribution in [3.8, 4) is 0 Å². The summed E-state index contributed by atoms with van der Waals surface area (Å²) in [6, 6.07) is 2.46. The van der Waals surface area contributed by atoms with E-state index in [0.717, 1.165) is 36.7 Å². The second-order valence-electron chi connectivity index (χ2n) is 6.18. The zero-order valence-corrected chi connectivity index (χ0v) is 12.1. The average Bonchev–Trinajstić information content (AvgIpc) is 3.03. The number of hydrazine groups is 1. The van der Waals surface area contributed by atoms with Gasteiger partial charge in [0.1, 0.15) is 5.65 Å². The van der Waals surface area contributed by atoms with E-state index in [9.17, 15) is 9.90 Å². The molecule has 0 aromatic carbocycles. The van der Waals surface area contributed by atoms with Crippen LogP contribution in [0.5, 0.6) is 0 Å². The number of aliphatic hydroxyl groups is 1. The van der Waals surface area contributed by atoms with E-state index < -0.39 is 5.91 Å². The third kappa shape index (κ3) is 2.05. The molecular formula is C15H19N5O2. The Balaban J connectivity index is 1.73. The molecule has 7 nitrogen and oxygen atoms in total. The lowest BCUT2D eigenvalue weighted by Gasteiger charge is -2.38. The number of rotatable bonds is 3. The van der Waals surface area contributed by atoms with Crippen LogP contribution in [0.4, 0.5) is 5.69 Å². The van der Waals surface area contributed by atoms with E-state index in [4.69, 9.17) is 5.73 Å². The molecule has 2 unspecified atom stereocenters. The van der Waals surface area contributed by atoms with Gasteiger partial charge in [-0.25, -0.2) is 9.99 Å². The van der Waals surface area contributed by atoms with Crippen molar-refractivity contribution in [3.05, 3.63) is 24.0 Å². The van der Waals surface area contributed by atoms with Gasteiger partial charge in [0.25, 0.3) is 5.91 Å². The predicted octanol–water partition coefficient (Wildman–Crippen LogP) is 0.976. The van der Waals surface area contributed by atoms with Gasteiger partial charge in [0.2, 0.25) is 0 Å². The van der Waals surface area contributed by atoms with Crippen LogP contribution in [-0.2, 0) is 0 Å². The van der Waals surface area contributed by atoms with Crippen molar-refractivity contribution in [3.63, 3.8) is 0 Å². The topological polar surface area (TPSA) is 107 Å². The number of H-pyrrole nitrogens is 1. The molecule has 5 N–H and O–H groups in total. The first-order chi connectivity index (χ1) is 10.6. The fraction of sp³-hybridized carbons (Fsp3) is 0.467. The molecule has 0 spiro atoms. The van der Waals surface area contributed by atoms with Crippen molar-refractivity contribution in [1.29, 1.82) is 0 Å². The van der Waals surface area contributed by atoms with Gasteiger partial charge in [0.15, 0.2) is 0 Å². The number of nitrogens with one attached hydrogen (secondary N) is 2. The number of aromatic amines is 1. The molecule has 4 heterocycles. The zero-order chi connectivity index (χ0) is 15.3. The number of fused-ring (bicyclic) bond motifs is 3. The summed E-state index contributed by atoms with van der Waals surface area (Å²) in [5.74, 6) is -0.498. The zero-order valence-electron chi connectivity index (χ0n) is 12.1. The van der Waals surface area contributed by atoms with E-state index in [1.165, 1.54) is 6.20 Å². The van der Waals surface area contributed by atoms with E-state index in [0.29, 0.717) is 11.3 Å². The van der Waals surface area contributed by atoms with Crippen LogP contribution in [0.15, 0.2) is 18.5 Å². The number of aromatic nitrogens is 2. The van der Waals surface area contributed by atoms with Gasteiger partial charge in [-0.2, -0.15) is 0 Å². The van der Waals surface area contributed by atoms with Crippen LogP contribution < -0.4 is 11.2 Å². The third-order valence-electron chi connectivity index (χ3n) is 4.80. The number of carbonyl (C=O) groups excluding carboxylic acids is 1. The first kappa shape index (κ1) is 13.5. The highest BCUT2D eigenvalue weighted by molar-refractivity contribution is 6.05. The second kappa shape index (κ2) is 4.96. The largest absolute Gasteiger partial charge is 0.393 e. The first-order valence-corrected chi connectivity index (χ1v) is 7.62. The minimum atomic E-state index is -0.498. The Bertz CT molecular complexity index is 714. The van der Waals surface area contributed by atoms with Crippen LogP contribution in [0.25, 0.3) is 11.0 Å². The van der Waals surface area contributed by atoms with Gasteiger partial charge in [-0.15, -0.1) is 0 Å². The van der Waals surface area contributed by atoms with Crippen molar-refractivity contribution in [1.82, 2.24) is 15.0 Å². The van der Waals surface area contributed by atoms with Gasteiger partial charge in [0, 0.05) is 29.9 Å². The van der Waals surface area contributed by atoms with Crippen molar-refractivity contribution < 1.29 is 9.90 Å². The predicted molar refractivity (Wildman–Crippen MR) is 82.1 cm³/mol. The third-order valence-corrected chi connectivity index (χ3v) is 4.80. The van der Waals surface area contributed by atoms with Crippen LogP contribution >= 0.6 is 0 Å². The second-order valence-corrected chi connectivity index (χ2v) is 6.18. The summed E-state index contributed by atoms with van der Waals surface area (Å²) in [4.78, 5) is 19.0. The summed E-state index contributed by atoms with van der Waals surface area (Å²) in [5.41, 5.74) is 10.7. The molecule has 2 aromatic heterocycles. The van der Waals surface area contributed by atoms with Crippen molar-refractivity contribution >= 4 is 22.6 Å². The lowest BCUT2D eigenvalue weighted by Crippen LogP contribution is -2.48. The van der Waals surface area contributed by atoms with Gasteiger partial charge < -0.3 is 21.2 Å². The van der Waals surface area contributed by atoms with E-state index in [1.807, 2.05) is 6.07 Å². The molecule has 7 heteroatoms. The highest BCUT2D eigenvalue weighted by Gasteiger charge is 2.40. The molecule has 2 fully saturated rings. The summed E-state index contributed by atoms with van der Waals surface area (Å²) < 4.78 is 0. The van der Waals surface area contributed by atoms with E-state index in [-0.39, 0.29) is 18.2 Å². The maximum absolute atomic E-state index is 11.7. The Morgan fingerprint density at radius 1 is 1.41 bits per heavy atom. The number of amides is 1. The Kier molecular flexibility index (Phi) is 3.05. The standard InChI is InChI=1S/C15H19N5O2/c16-14(22)12-7-18-15-11(3-4-17-15)13(12)19-20-8-1-2-9(20)6-10(21)5-8/h3-4,7-10,21H,1-2,5-6H2,(H2,16,22)(H2,17,18,19).